The van der Waals surface area contributed by atoms with E-state index < -0.39 is 0 Å². The Morgan fingerprint density at radius 2 is 1.88 bits per heavy atom. The maximum atomic E-state index is 6.01. The van der Waals surface area contributed by atoms with Gasteiger partial charge in [-0.2, -0.15) is 0 Å². The van der Waals surface area contributed by atoms with Gasteiger partial charge in [0.15, 0.2) is 0 Å². The lowest BCUT2D eigenvalue weighted by atomic mass is 9.96. The Labute approximate surface area is 152 Å². The summed E-state index contributed by atoms with van der Waals surface area (Å²) in [7, 11) is 0. The first-order valence-corrected chi connectivity index (χ1v) is 9.09. The third-order valence-electron chi connectivity index (χ3n) is 5.20. The van der Waals surface area contributed by atoms with Crippen LogP contribution in [-0.4, -0.2) is 30.0 Å². The van der Waals surface area contributed by atoms with Crippen LogP contribution in [0, 0.1) is 0 Å². The molecule has 2 unspecified atom stereocenters. The fourth-order valence-electron chi connectivity index (χ4n) is 3.73. The largest absolute Gasteiger partial charge is 0.492 e. The van der Waals surface area contributed by atoms with Crippen molar-refractivity contribution < 1.29 is 13.9 Å². The quantitative estimate of drug-likeness (QED) is 0.717. The van der Waals surface area contributed by atoms with Gasteiger partial charge >= 0.3 is 0 Å². The Hall–Kier alpha value is -2.66. The summed E-state index contributed by atoms with van der Waals surface area (Å²) in [6.07, 6.45) is 1.93. The first-order chi connectivity index (χ1) is 12.9. The van der Waals surface area contributed by atoms with E-state index in [-0.39, 0.29) is 5.92 Å². The van der Waals surface area contributed by atoms with E-state index in [1.165, 1.54) is 11.1 Å². The normalized spacial score (nSPS) is 22.0. The summed E-state index contributed by atoms with van der Waals surface area (Å²) in [6, 6.07) is 16.5. The number of ether oxygens (including phenoxy) is 2. The standard InChI is InChI=1S/C21H20N2O3/c1-2-7-19-15(4-1)11-18(13-25-19)21-23-22-20(26-21)16-6-3-5-14(10-16)17-8-9-24-12-17/h1-7,10,17-18H,8-9,11-13H2. The van der Waals surface area contributed by atoms with E-state index in [1.807, 2.05) is 30.3 Å². The van der Waals surface area contributed by atoms with Crippen LogP contribution < -0.4 is 4.74 Å². The minimum absolute atomic E-state index is 0.0950. The molecule has 5 nitrogen and oxygen atoms in total. The van der Waals surface area contributed by atoms with Crippen LogP contribution in [0.25, 0.3) is 11.5 Å². The van der Waals surface area contributed by atoms with Gasteiger partial charge in [0.25, 0.3) is 0 Å². The highest BCUT2D eigenvalue weighted by molar-refractivity contribution is 5.54. The van der Waals surface area contributed by atoms with E-state index in [2.05, 4.69) is 28.4 Å². The number of nitrogens with zero attached hydrogens (tertiary/aromatic N) is 2. The molecule has 2 aromatic carbocycles. The molecular formula is C21H20N2O3. The zero-order valence-electron chi connectivity index (χ0n) is 14.4. The van der Waals surface area contributed by atoms with E-state index >= 15 is 0 Å². The molecule has 5 heteroatoms. The summed E-state index contributed by atoms with van der Waals surface area (Å²) >= 11 is 0. The van der Waals surface area contributed by atoms with Crippen LogP contribution in [0.5, 0.6) is 5.75 Å². The van der Waals surface area contributed by atoms with Gasteiger partial charge in [0, 0.05) is 18.1 Å². The monoisotopic (exact) mass is 348 g/mol. The maximum absolute atomic E-state index is 6.01. The minimum atomic E-state index is 0.0950. The molecule has 1 fully saturated rings. The lowest BCUT2D eigenvalue weighted by molar-refractivity contribution is 0.194. The molecule has 1 saturated heterocycles. The molecule has 2 aliphatic heterocycles. The molecule has 1 aromatic heterocycles. The second kappa shape index (κ2) is 6.57. The van der Waals surface area contributed by atoms with E-state index in [0.29, 0.717) is 24.3 Å². The Bertz CT molecular complexity index is 915. The van der Waals surface area contributed by atoms with Crippen molar-refractivity contribution in [2.75, 3.05) is 19.8 Å². The summed E-state index contributed by atoms with van der Waals surface area (Å²) < 4.78 is 17.4. The highest BCUT2D eigenvalue weighted by Gasteiger charge is 2.26. The second-order valence-corrected chi connectivity index (χ2v) is 6.95. The summed E-state index contributed by atoms with van der Waals surface area (Å²) in [6.45, 7) is 2.19. The zero-order chi connectivity index (χ0) is 17.3. The number of aromatic nitrogens is 2. The van der Waals surface area contributed by atoms with Crippen LogP contribution in [-0.2, 0) is 11.2 Å². The fraction of sp³-hybridized carbons (Fsp3) is 0.333. The van der Waals surface area contributed by atoms with Crippen LogP contribution in [0.4, 0.5) is 0 Å². The van der Waals surface area contributed by atoms with Crippen molar-refractivity contribution >= 4 is 0 Å². The van der Waals surface area contributed by atoms with Crippen molar-refractivity contribution in [3.63, 3.8) is 0 Å². The molecule has 3 heterocycles. The third-order valence-corrected chi connectivity index (χ3v) is 5.20. The second-order valence-electron chi connectivity index (χ2n) is 6.95. The van der Waals surface area contributed by atoms with E-state index in [4.69, 9.17) is 13.9 Å². The SMILES string of the molecule is c1cc(-c2nnc(C3COc4ccccc4C3)o2)cc(C2CCOC2)c1. The topological polar surface area (TPSA) is 57.4 Å². The molecule has 0 radical (unpaired) electrons. The molecule has 5 rings (SSSR count). The van der Waals surface area contributed by atoms with Gasteiger partial charge in [-0.15, -0.1) is 10.2 Å². The van der Waals surface area contributed by atoms with Crippen molar-refractivity contribution in [2.45, 2.75) is 24.7 Å². The van der Waals surface area contributed by atoms with Crippen molar-refractivity contribution in [1.29, 1.82) is 0 Å². The van der Waals surface area contributed by atoms with Crippen LogP contribution in [0.3, 0.4) is 0 Å². The highest BCUT2D eigenvalue weighted by atomic mass is 16.5. The number of fused-ring (bicyclic) bond motifs is 1. The third kappa shape index (κ3) is 2.88. The molecule has 0 N–H and O–H groups in total. The van der Waals surface area contributed by atoms with Gasteiger partial charge in [-0.05, 0) is 42.2 Å². The molecule has 2 aliphatic rings. The smallest absolute Gasteiger partial charge is 0.247 e. The average molecular weight is 348 g/mol. The van der Waals surface area contributed by atoms with Gasteiger partial charge in [-0.25, -0.2) is 0 Å². The molecule has 2 atom stereocenters. The first kappa shape index (κ1) is 15.6. The van der Waals surface area contributed by atoms with Crippen LogP contribution in [0.2, 0.25) is 0 Å². The Morgan fingerprint density at radius 3 is 2.81 bits per heavy atom. The number of rotatable bonds is 3. The van der Waals surface area contributed by atoms with Crippen LogP contribution >= 0.6 is 0 Å². The lowest BCUT2D eigenvalue weighted by Gasteiger charge is -2.22. The summed E-state index contributed by atoms with van der Waals surface area (Å²) in [5.41, 5.74) is 3.42. The van der Waals surface area contributed by atoms with Gasteiger partial charge < -0.3 is 13.9 Å². The van der Waals surface area contributed by atoms with Crippen molar-refractivity contribution in [3.8, 4) is 17.2 Å². The summed E-state index contributed by atoms with van der Waals surface area (Å²) in [5.74, 6) is 2.72. The van der Waals surface area contributed by atoms with E-state index in [0.717, 1.165) is 37.4 Å². The highest BCUT2D eigenvalue weighted by Crippen LogP contribution is 2.33. The molecule has 3 aromatic rings. The zero-order valence-corrected chi connectivity index (χ0v) is 14.4. The van der Waals surface area contributed by atoms with Crippen LogP contribution in [0.1, 0.15) is 35.3 Å². The molecule has 0 saturated carbocycles. The Morgan fingerprint density at radius 1 is 0.923 bits per heavy atom. The molecule has 0 amide bonds. The van der Waals surface area contributed by atoms with Gasteiger partial charge in [0.2, 0.25) is 11.8 Å². The van der Waals surface area contributed by atoms with Crippen molar-refractivity contribution in [1.82, 2.24) is 10.2 Å². The fourth-order valence-corrected chi connectivity index (χ4v) is 3.73. The molecule has 132 valence electrons. The lowest BCUT2D eigenvalue weighted by Crippen LogP contribution is -2.19. The van der Waals surface area contributed by atoms with Crippen molar-refractivity contribution in [3.05, 3.63) is 65.5 Å². The summed E-state index contributed by atoms with van der Waals surface area (Å²) in [5, 5.41) is 8.58. The number of hydrogen-bond acceptors (Lipinski definition) is 5. The summed E-state index contributed by atoms with van der Waals surface area (Å²) in [4.78, 5) is 0. The van der Waals surface area contributed by atoms with E-state index in [9.17, 15) is 0 Å². The van der Waals surface area contributed by atoms with Crippen molar-refractivity contribution in [2.24, 2.45) is 0 Å². The predicted octanol–water partition coefficient (Wildman–Crippen LogP) is 3.96. The first-order valence-electron chi connectivity index (χ1n) is 9.09. The molecular weight excluding hydrogens is 328 g/mol. The number of para-hydroxylation sites is 1. The Kier molecular flexibility index (Phi) is 3.94. The predicted molar refractivity (Wildman–Crippen MR) is 96.3 cm³/mol. The molecule has 0 aliphatic carbocycles. The van der Waals surface area contributed by atoms with Gasteiger partial charge in [0.1, 0.15) is 12.4 Å². The molecule has 0 spiro atoms. The van der Waals surface area contributed by atoms with Crippen LogP contribution in [0.15, 0.2) is 52.9 Å². The maximum Gasteiger partial charge on any atom is 0.247 e. The van der Waals surface area contributed by atoms with Gasteiger partial charge in [-0.1, -0.05) is 30.3 Å². The minimum Gasteiger partial charge on any atom is -0.492 e. The van der Waals surface area contributed by atoms with Gasteiger partial charge in [0.05, 0.1) is 12.5 Å². The molecule has 26 heavy (non-hydrogen) atoms. The van der Waals surface area contributed by atoms with Gasteiger partial charge in [-0.3, -0.25) is 0 Å². The number of hydrogen-bond donors (Lipinski definition) is 0. The van der Waals surface area contributed by atoms with E-state index in [1.54, 1.807) is 0 Å². The Balaban J connectivity index is 1.38. The average Bonchev–Trinajstić information content (AvgIpc) is 3.40. The number of benzene rings is 2. The molecule has 0 bridgehead atoms.